The van der Waals surface area contributed by atoms with Crippen LogP contribution in [-0.2, 0) is 33.5 Å². The van der Waals surface area contributed by atoms with Crippen molar-refractivity contribution in [3.63, 3.8) is 0 Å². The normalized spacial score (nSPS) is 11.8. The van der Waals surface area contributed by atoms with Gasteiger partial charge in [-0.05, 0) is 35.4 Å². The minimum atomic E-state index is -3.64. The summed E-state index contributed by atoms with van der Waals surface area (Å²) < 4.78 is 34.1. The molecule has 0 unspecified atom stereocenters. The van der Waals surface area contributed by atoms with Crippen LogP contribution in [0, 0.1) is 5.92 Å². The van der Waals surface area contributed by atoms with Crippen molar-refractivity contribution < 1.29 is 17.9 Å². The first-order valence-electron chi connectivity index (χ1n) is 11.0. The number of benzene rings is 2. The van der Waals surface area contributed by atoms with Gasteiger partial charge in [0.1, 0.15) is 15.7 Å². The second kappa shape index (κ2) is 10.4. The number of halogens is 1. The third-order valence-corrected chi connectivity index (χ3v) is 8.97. The SMILES string of the molecule is COc1cccc2c1c(CS(=O)(=O)c1ccc(Cl)s1)nn2Cc1cccc(CNC(=O)C(C)C)c1. The lowest BCUT2D eigenvalue weighted by Gasteiger charge is -2.10. The van der Waals surface area contributed by atoms with Gasteiger partial charge in [0.05, 0.1) is 34.6 Å². The number of hydrogen-bond donors (Lipinski definition) is 1. The first-order valence-corrected chi connectivity index (χ1v) is 13.9. The minimum absolute atomic E-state index is 0.00144. The van der Waals surface area contributed by atoms with E-state index in [0.717, 1.165) is 28.0 Å². The Morgan fingerprint density at radius 1 is 1.14 bits per heavy atom. The van der Waals surface area contributed by atoms with Gasteiger partial charge in [-0.3, -0.25) is 9.48 Å². The summed E-state index contributed by atoms with van der Waals surface area (Å²) >= 11 is 7.00. The number of sulfone groups is 1. The van der Waals surface area contributed by atoms with E-state index in [4.69, 9.17) is 21.4 Å². The van der Waals surface area contributed by atoms with E-state index >= 15 is 0 Å². The van der Waals surface area contributed by atoms with Crippen molar-refractivity contribution in [1.82, 2.24) is 15.1 Å². The number of fused-ring (bicyclic) bond motifs is 1. The Hall–Kier alpha value is -2.88. The molecule has 1 amide bonds. The van der Waals surface area contributed by atoms with Gasteiger partial charge in [0, 0.05) is 12.5 Å². The molecule has 0 bridgehead atoms. The van der Waals surface area contributed by atoms with Crippen molar-refractivity contribution in [3.05, 3.63) is 75.8 Å². The number of aromatic nitrogens is 2. The second-order valence-corrected chi connectivity index (χ2v) is 12.4. The van der Waals surface area contributed by atoms with E-state index < -0.39 is 9.84 Å². The third-order valence-electron chi connectivity index (χ3n) is 5.53. The Morgan fingerprint density at radius 2 is 1.89 bits per heavy atom. The maximum atomic E-state index is 13.1. The highest BCUT2D eigenvalue weighted by molar-refractivity contribution is 7.92. The molecule has 2 heterocycles. The number of nitrogens with one attached hydrogen (secondary N) is 1. The van der Waals surface area contributed by atoms with E-state index in [2.05, 4.69) is 5.32 Å². The third kappa shape index (κ3) is 5.69. The lowest BCUT2D eigenvalue weighted by Crippen LogP contribution is -2.27. The summed E-state index contributed by atoms with van der Waals surface area (Å²) in [6.45, 7) is 4.58. The lowest BCUT2D eigenvalue weighted by molar-refractivity contribution is -0.124. The van der Waals surface area contributed by atoms with Crippen LogP contribution in [0.15, 0.2) is 58.8 Å². The van der Waals surface area contributed by atoms with Gasteiger partial charge in [-0.2, -0.15) is 5.10 Å². The van der Waals surface area contributed by atoms with Gasteiger partial charge in [-0.1, -0.05) is 55.8 Å². The average molecular weight is 532 g/mol. The molecule has 1 N–H and O–H groups in total. The highest BCUT2D eigenvalue weighted by Gasteiger charge is 2.24. The van der Waals surface area contributed by atoms with Gasteiger partial charge < -0.3 is 10.1 Å². The molecule has 0 radical (unpaired) electrons. The number of hydrogen-bond acceptors (Lipinski definition) is 6. The number of amides is 1. The van der Waals surface area contributed by atoms with E-state index in [1.807, 2.05) is 50.2 Å². The van der Waals surface area contributed by atoms with Crippen LogP contribution in [0.4, 0.5) is 0 Å². The fourth-order valence-electron chi connectivity index (χ4n) is 3.79. The summed E-state index contributed by atoms with van der Waals surface area (Å²) in [5.74, 6) is 0.213. The maximum Gasteiger partial charge on any atom is 0.222 e. The monoisotopic (exact) mass is 531 g/mol. The average Bonchev–Trinajstić information content (AvgIpc) is 3.41. The van der Waals surface area contributed by atoms with Gasteiger partial charge in [-0.25, -0.2) is 8.42 Å². The van der Waals surface area contributed by atoms with Gasteiger partial charge in [0.25, 0.3) is 0 Å². The second-order valence-electron chi connectivity index (χ2n) is 8.47. The van der Waals surface area contributed by atoms with Gasteiger partial charge in [-0.15, -0.1) is 11.3 Å². The molecule has 0 saturated carbocycles. The standard InChI is InChI=1S/C25H26ClN3O4S2/c1-16(2)25(30)27-13-17-6-4-7-18(12-17)14-29-20-8-5-9-21(33-3)24(20)19(28-29)15-35(31,32)23-11-10-22(26)34-23/h4-12,16H,13-15H2,1-3H3,(H,27,30). The van der Waals surface area contributed by atoms with Crippen LogP contribution < -0.4 is 10.1 Å². The molecule has 10 heteroatoms. The van der Waals surface area contributed by atoms with Crippen molar-refractivity contribution in [2.75, 3.05) is 7.11 Å². The Labute approximate surface area is 213 Å². The van der Waals surface area contributed by atoms with E-state index in [1.165, 1.54) is 6.07 Å². The van der Waals surface area contributed by atoms with Crippen LogP contribution in [0.25, 0.3) is 10.9 Å². The number of rotatable bonds is 9. The summed E-state index contributed by atoms with van der Waals surface area (Å²) in [6.07, 6.45) is 0. The molecule has 0 fully saturated rings. The number of methoxy groups -OCH3 is 1. The Balaban J connectivity index is 1.67. The van der Waals surface area contributed by atoms with Crippen LogP contribution in [0.5, 0.6) is 5.75 Å². The molecule has 184 valence electrons. The highest BCUT2D eigenvalue weighted by atomic mass is 35.5. The zero-order chi connectivity index (χ0) is 25.2. The fraction of sp³-hybridized carbons (Fsp3) is 0.280. The molecule has 0 aliphatic carbocycles. The molecule has 0 saturated heterocycles. The molecule has 4 aromatic rings. The van der Waals surface area contributed by atoms with Crippen molar-refractivity contribution in [2.24, 2.45) is 5.92 Å². The Kier molecular flexibility index (Phi) is 7.49. The molecule has 2 aromatic carbocycles. The predicted octanol–water partition coefficient (Wildman–Crippen LogP) is 5.05. The van der Waals surface area contributed by atoms with Crippen molar-refractivity contribution in [2.45, 2.75) is 36.9 Å². The summed E-state index contributed by atoms with van der Waals surface area (Å²) in [6, 6.07) is 16.5. The lowest BCUT2D eigenvalue weighted by atomic mass is 10.1. The maximum absolute atomic E-state index is 13.1. The summed E-state index contributed by atoms with van der Waals surface area (Å²) in [7, 11) is -2.08. The molecule has 0 aliphatic heterocycles. The van der Waals surface area contributed by atoms with Gasteiger partial charge >= 0.3 is 0 Å². The van der Waals surface area contributed by atoms with Crippen molar-refractivity contribution in [1.29, 1.82) is 0 Å². The van der Waals surface area contributed by atoms with E-state index in [0.29, 0.717) is 34.3 Å². The number of carbonyl (C=O) groups is 1. The molecule has 2 aromatic heterocycles. The number of carbonyl (C=O) groups excluding carboxylic acids is 1. The zero-order valence-corrected chi connectivity index (χ0v) is 22.0. The highest BCUT2D eigenvalue weighted by Crippen LogP contribution is 2.33. The van der Waals surface area contributed by atoms with Crippen LogP contribution in [0.1, 0.15) is 30.7 Å². The van der Waals surface area contributed by atoms with E-state index in [9.17, 15) is 13.2 Å². The van der Waals surface area contributed by atoms with Crippen LogP contribution in [0.2, 0.25) is 4.34 Å². The number of nitrogens with zero attached hydrogens (tertiary/aromatic N) is 2. The van der Waals surface area contributed by atoms with Crippen molar-refractivity contribution >= 4 is 49.6 Å². The first-order chi connectivity index (χ1) is 16.7. The molecule has 4 rings (SSSR count). The number of ether oxygens (including phenoxy) is 1. The molecular formula is C25H26ClN3O4S2. The molecule has 7 nitrogen and oxygen atoms in total. The Morgan fingerprint density at radius 3 is 2.57 bits per heavy atom. The van der Waals surface area contributed by atoms with Crippen LogP contribution in [0.3, 0.4) is 0 Å². The van der Waals surface area contributed by atoms with Crippen LogP contribution >= 0.6 is 22.9 Å². The van der Waals surface area contributed by atoms with Gasteiger partial charge in [0.15, 0.2) is 9.84 Å². The summed E-state index contributed by atoms with van der Waals surface area (Å²) in [4.78, 5) is 11.9. The zero-order valence-electron chi connectivity index (χ0n) is 19.6. The van der Waals surface area contributed by atoms with Crippen molar-refractivity contribution in [3.8, 4) is 5.75 Å². The smallest absolute Gasteiger partial charge is 0.222 e. The molecule has 35 heavy (non-hydrogen) atoms. The number of thiophene rings is 1. The van der Waals surface area contributed by atoms with Gasteiger partial charge in [0.2, 0.25) is 5.91 Å². The predicted molar refractivity (Wildman–Crippen MR) is 139 cm³/mol. The molecule has 0 spiro atoms. The molecular weight excluding hydrogens is 506 g/mol. The molecule has 0 aliphatic rings. The summed E-state index contributed by atoms with van der Waals surface area (Å²) in [5.41, 5.74) is 3.15. The minimum Gasteiger partial charge on any atom is -0.496 e. The van der Waals surface area contributed by atoms with E-state index in [-0.39, 0.29) is 21.8 Å². The van der Waals surface area contributed by atoms with Crippen LogP contribution in [-0.4, -0.2) is 31.2 Å². The Bertz CT molecular complexity index is 1480. The quantitative estimate of drug-likeness (QED) is 0.326. The largest absolute Gasteiger partial charge is 0.496 e. The topological polar surface area (TPSA) is 90.3 Å². The fourth-order valence-corrected chi connectivity index (χ4v) is 6.63. The first kappa shape index (κ1) is 25.2. The molecule has 0 atom stereocenters. The summed E-state index contributed by atoms with van der Waals surface area (Å²) in [5, 5.41) is 8.29. The van der Waals surface area contributed by atoms with E-state index in [1.54, 1.807) is 23.9 Å².